The summed E-state index contributed by atoms with van der Waals surface area (Å²) in [6, 6.07) is 0. The molecule has 0 aromatic heterocycles. The molecule has 0 bridgehead atoms. The Morgan fingerprint density at radius 1 is 1.45 bits per heavy atom. The molecule has 3 atom stereocenters. The average molecular weight is 299 g/mol. The Hall–Kier alpha value is -0.420. The van der Waals surface area contributed by atoms with E-state index < -0.39 is 0 Å². The van der Waals surface area contributed by atoms with Crippen LogP contribution in [-0.4, -0.2) is 59.8 Å². The Morgan fingerprint density at radius 3 is 2.85 bits per heavy atom. The third-order valence-electron chi connectivity index (χ3n) is 4.49. The Morgan fingerprint density at radius 2 is 2.25 bits per heavy atom. The van der Waals surface area contributed by atoms with Crippen LogP contribution < -0.4 is 5.32 Å². The first-order valence-electron chi connectivity index (χ1n) is 7.87. The van der Waals surface area contributed by atoms with Crippen LogP contribution in [0.25, 0.3) is 0 Å². The van der Waals surface area contributed by atoms with Gasteiger partial charge in [-0.05, 0) is 18.8 Å². The maximum absolute atomic E-state index is 9.90. The van der Waals surface area contributed by atoms with Crippen LogP contribution in [0, 0.1) is 11.8 Å². The van der Waals surface area contributed by atoms with E-state index in [1.165, 1.54) is 5.75 Å². The summed E-state index contributed by atoms with van der Waals surface area (Å²) in [5, 5.41) is 14.1. The molecular formula is C15H29N3OS. The van der Waals surface area contributed by atoms with Crippen molar-refractivity contribution in [3.05, 3.63) is 0 Å². The quantitative estimate of drug-likeness (QED) is 0.616. The minimum atomic E-state index is -0.124. The number of nitrogens with zero attached hydrogens (tertiary/aromatic N) is 2. The lowest BCUT2D eigenvalue weighted by molar-refractivity contribution is 0.133. The highest BCUT2D eigenvalue weighted by molar-refractivity contribution is 8.00. The summed E-state index contributed by atoms with van der Waals surface area (Å²) in [6.07, 6.45) is 3.12. The Labute approximate surface area is 127 Å². The van der Waals surface area contributed by atoms with Crippen molar-refractivity contribution in [2.75, 3.05) is 32.4 Å². The lowest BCUT2D eigenvalue weighted by atomic mass is 10.1. The van der Waals surface area contributed by atoms with Crippen LogP contribution >= 0.6 is 11.8 Å². The van der Waals surface area contributed by atoms with E-state index in [0.29, 0.717) is 17.1 Å². The van der Waals surface area contributed by atoms with Crippen molar-refractivity contribution < 1.29 is 5.11 Å². The van der Waals surface area contributed by atoms with E-state index >= 15 is 0 Å². The van der Waals surface area contributed by atoms with Gasteiger partial charge >= 0.3 is 0 Å². The normalized spacial score (nSPS) is 31.9. The number of hydrogen-bond acceptors (Lipinski definition) is 3. The molecule has 4 nitrogen and oxygen atoms in total. The summed E-state index contributed by atoms with van der Waals surface area (Å²) >= 11 is 2.08. The summed E-state index contributed by atoms with van der Waals surface area (Å²) in [5.41, 5.74) is 0. The topological polar surface area (TPSA) is 47.9 Å². The molecular weight excluding hydrogens is 270 g/mol. The molecule has 2 fully saturated rings. The lowest BCUT2D eigenvalue weighted by Gasteiger charge is -2.36. The van der Waals surface area contributed by atoms with Gasteiger partial charge in [-0.15, -0.1) is 0 Å². The van der Waals surface area contributed by atoms with Crippen molar-refractivity contribution in [3.8, 4) is 0 Å². The smallest absolute Gasteiger partial charge is 0.193 e. The summed E-state index contributed by atoms with van der Waals surface area (Å²) in [7, 11) is 1.86. The van der Waals surface area contributed by atoms with Crippen LogP contribution in [0.1, 0.15) is 33.1 Å². The maximum Gasteiger partial charge on any atom is 0.193 e. The van der Waals surface area contributed by atoms with Gasteiger partial charge in [0.1, 0.15) is 0 Å². The number of aliphatic hydroxyl groups excluding tert-OH is 1. The van der Waals surface area contributed by atoms with E-state index in [2.05, 4.69) is 40.8 Å². The summed E-state index contributed by atoms with van der Waals surface area (Å²) in [6.45, 7) is 7.60. The van der Waals surface area contributed by atoms with Gasteiger partial charge in [-0.3, -0.25) is 4.99 Å². The summed E-state index contributed by atoms with van der Waals surface area (Å²) < 4.78 is 0. The molecule has 1 saturated carbocycles. The second kappa shape index (κ2) is 7.55. The lowest BCUT2D eigenvalue weighted by Crippen LogP contribution is -2.50. The SMILES string of the molecule is CN=C(NCC1CCCC1O)N1CCSC(C(C)C)C1. The Balaban J connectivity index is 1.85. The third-order valence-corrected chi connectivity index (χ3v) is 6.03. The van der Waals surface area contributed by atoms with E-state index in [4.69, 9.17) is 0 Å². The molecule has 0 spiro atoms. The minimum absolute atomic E-state index is 0.124. The van der Waals surface area contributed by atoms with E-state index in [0.717, 1.165) is 44.9 Å². The first-order chi connectivity index (χ1) is 9.61. The Bertz CT molecular complexity index is 335. The average Bonchev–Trinajstić information content (AvgIpc) is 2.85. The van der Waals surface area contributed by atoms with Crippen molar-refractivity contribution in [1.82, 2.24) is 10.2 Å². The van der Waals surface area contributed by atoms with Crippen molar-refractivity contribution in [2.45, 2.75) is 44.5 Å². The van der Waals surface area contributed by atoms with E-state index in [1.54, 1.807) is 0 Å². The highest BCUT2D eigenvalue weighted by Gasteiger charge is 2.27. The molecule has 2 rings (SSSR count). The van der Waals surface area contributed by atoms with Crippen LogP contribution in [0.2, 0.25) is 0 Å². The van der Waals surface area contributed by atoms with Gasteiger partial charge in [-0.2, -0.15) is 11.8 Å². The molecule has 0 radical (unpaired) electrons. The second-order valence-electron chi connectivity index (χ2n) is 6.29. The first kappa shape index (κ1) is 16.0. The molecule has 1 aliphatic heterocycles. The van der Waals surface area contributed by atoms with Gasteiger partial charge in [0.2, 0.25) is 0 Å². The van der Waals surface area contributed by atoms with Gasteiger partial charge in [-0.25, -0.2) is 0 Å². The zero-order valence-electron chi connectivity index (χ0n) is 13.0. The monoisotopic (exact) mass is 299 g/mol. The van der Waals surface area contributed by atoms with E-state index in [-0.39, 0.29) is 6.10 Å². The van der Waals surface area contributed by atoms with Crippen LogP contribution in [-0.2, 0) is 0 Å². The fraction of sp³-hybridized carbons (Fsp3) is 0.933. The standard InChI is InChI=1S/C15H29N3OS/c1-11(2)14-10-18(7-8-20-14)15(16-3)17-9-12-5-4-6-13(12)19/h11-14,19H,4-10H2,1-3H3,(H,16,17). The zero-order valence-corrected chi connectivity index (χ0v) is 13.8. The number of nitrogens with one attached hydrogen (secondary N) is 1. The molecule has 20 heavy (non-hydrogen) atoms. The van der Waals surface area contributed by atoms with Gasteiger partial charge < -0.3 is 15.3 Å². The van der Waals surface area contributed by atoms with E-state index in [9.17, 15) is 5.11 Å². The number of thioether (sulfide) groups is 1. The van der Waals surface area contributed by atoms with Crippen molar-refractivity contribution in [3.63, 3.8) is 0 Å². The molecule has 0 amide bonds. The molecule has 0 aromatic carbocycles. The Kier molecular flexibility index (Phi) is 6.02. The number of rotatable bonds is 3. The molecule has 5 heteroatoms. The fourth-order valence-electron chi connectivity index (χ4n) is 3.08. The minimum Gasteiger partial charge on any atom is -0.393 e. The van der Waals surface area contributed by atoms with E-state index in [1.807, 2.05) is 7.05 Å². The van der Waals surface area contributed by atoms with Crippen LogP contribution in [0.15, 0.2) is 4.99 Å². The van der Waals surface area contributed by atoms with Gasteiger partial charge in [0.25, 0.3) is 0 Å². The van der Waals surface area contributed by atoms with Gasteiger partial charge in [-0.1, -0.05) is 20.3 Å². The molecule has 1 saturated heterocycles. The van der Waals surface area contributed by atoms with Crippen molar-refractivity contribution in [1.29, 1.82) is 0 Å². The molecule has 3 unspecified atom stereocenters. The molecule has 1 aliphatic carbocycles. The highest BCUT2D eigenvalue weighted by Crippen LogP contribution is 2.26. The summed E-state index contributed by atoms with van der Waals surface area (Å²) in [5.74, 6) is 3.29. The predicted molar refractivity (Wildman–Crippen MR) is 87.4 cm³/mol. The van der Waals surface area contributed by atoms with Crippen molar-refractivity contribution in [2.24, 2.45) is 16.8 Å². The first-order valence-corrected chi connectivity index (χ1v) is 8.92. The molecule has 2 aliphatic rings. The number of aliphatic imine (C=N–C) groups is 1. The number of aliphatic hydroxyl groups is 1. The second-order valence-corrected chi connectivity index (χ2v) is 7.63. The zero-order chi connectivity index (χ0) is 14.5. The predicted octanol–water partition coefficient (Wildman–Crippen LogP) is 1.80. The van der Waals surface area contributed by atoms with Crippen LogP contribution in [0.3, 0.4) is 0 Å². The third kappa shape index (κ3) is 4.04. The largest absolute Gasteiger partial charge is 0.393 e. The number of hydrogen-bond donors (Lipinski definition) is 2. The number of guanidine groups is 1. The van der Waals surface area contributed by atoms with Gasteiger partial charge in [0.15, 0.2) is 5.96 Å². The molecule has 116 valence electrons. The highest BCUT2D eigenvalue weighted by atomic mass is 32.2. The summed E-state index contributed by atoms with van der Waals surface area (Å²) in [4.78, 5) is 6.81. The molecule has 1 heterocycles. The maximum atomic E-state index is 9.90. The molecule has 0 aromatic rings. The fourth-order valence-corrected chi connectivity index (χ4v) is 4.38. The molecule has 2 N–H and O–H groups in total. The van der Waals surface area contributed by atoms with Gasteiger partial charge in [0, 0.05) is 43.6 Å². The van der Waals surface area contributed by atoms with Crippen LogP contribution in [0.4, 0.5) is 0 Å². The van der Waals surface area contributed by atoms with Gasteiger partial charge in [0.05, 0.1) is 6.10 Å². The van der Waals surface area contributed by atoms with Crippen molar-refractivity contribution >= 4 is 17.7 Å². The van der Waals surface area contributed by atoms with Crippen LogP contribution in [0.5, 0.6) is 0 Å².